The summed E-state index contributed by atoms with van der Waals surface area (Å²) < 4.78 is 0. The van der Waals surface area contributed by atoms with E-state index >= 15 is 0 Å². The van der Waals surface area contributed by atoms with E-state index in [-0.39, 0.29) is 5.91 Å². The largest absolute Gasteiger partial charge is 0.321 e. The Morgan fingerprint density at radius 1 is 1.29 bits per heavy atom. The predicted molar refractivity (Wildman–Crippen MR) is 87.8 cm³/mol. The van der Waals surface area contributed by atoms with E-state index < -0.39 is 0 Å². The summed E-state index contributed by atoms with van der Waals surface area (Å²) in [5.74, 6) is 2.30. The van der Waals surface area contributed by atoms with E-state index in [1.165, 1.54) is 11.3 Å². The molecular formula is C16H10N2OS2. The molecule has 5 heteroatoms. The quantitative estimate of drug-likeness (QED) is 0.740. The zero-order chi connectivity index (χ0) is 14.7. The van der Waals surface area contributed by atoms with E-state index in [4.69, 9.17) is 6.42 Å². The summed E-state index contributed by atoms with van der Waals surface area (Å²) in [6, 6.07) is 9.16. The number of rotatable bonds is 3. The second-order valence-corrected chi connectivity index (χ2v) is 5.87. The van der Waals surface area contributed by atoms with Gasteiger partial charge in [-0.1, -0.05) is 12.0 Å². The third kappa shape index (κ3) is 3.02. The van der Waals surface area contributed by atoms with E-state index in [1.807, 2.05) is 29.0 Å². The van der Waals surface area contributed by atoms with Gasteiger partial charge in [-0.25, -0.2) is 4.98 Å². The molecule has 0 atom stereocenters. The Balaban J connectivity index is 1.78. The number of anilines is 1. The summed E-state index contributed by atoms with van der Waals surface area (Å²) >= 11 is 3.06. The molecule has 0 aliphatic heterocycles. The number of benzene rings is 1. The minimum atomic E-state index is -0.234. The van der Waals surface area contributed by atoms with E-state index in [0.29, 0.717) is 11.4 Å². The van der Waals surface area contributed by atoms with Crippen molar-refractivity contribution in [3.8, 4) is 22.9 Å². The van der Waals surface area contributed by atoms with Gasteiger partial charge < -0.3 is 5.32 Å². The molecule has 0 unspecified atom stereocenters. The zero-order valence-electron chi connectivity index (χ0n) is 10.9. The van der Waals surface area contributed by atoms with Crippen molar-refractivity contribution in [1.82, 2.24) is 4.98 Å². The highest BCUT2D eigenvalue weighted by atomic mass is 32.1. The fourth-order valence-corrected chi connectivity index (χ4v) is 3.29. The van der Waals surface area contributed by atoms with Crippen LogP contribution in [0.25, 0.3) is 10.6 Å². The summed E-state index contributed by atoms with van der Waals surface area (Å²) in [6.07, 6.45) is 5.35. The number of hydrogen-bond donors (Lipinski definition) is 1. The van der Waals surface area contributed by atoms with Crippen LogP contribution in [0.4, 0.5) is 5.69 Å². The third-order valence-corrected chi connectivity index (χ3v) is 4.37. The lowest BCUT2D eigenvalue weighted by molar-refractivity contribution is 0.102. The number of terminal acetylenes is 1. The van der Waals surface area contributed by atoms with E-state index in [0.717, 1.165) is 16.1 Å². The van der Waals surface area contributed by atoms with Crippen molar-refractivity contribution in [1.29, 1.82) is 0 Å². The van der Waals surface area contributed by atoms with Gasteiger partial charge in [0.15, 0.2) is 0 Å². The normalized spacial score (nSPS) is 10.0. The van der Waals surface area contributed by atoms with Crippen molar-refractivity contribution in [2.75, 3.05) is 5.32 Å². The number of aromatic nitrogens is 1. The Morgan fingerprint density at radius 3 is 2.95 bits per heavy atom. The highest BCUT2D eigenvalue weighted by molar-refractivity contribution is 7.14. The lowest BCUT2D eigenvalue weighted by Gasteiger charge is -2.03. The van der Waals surface area contributed by atoms with Gasteiger partial charge in [-0.2, -0.15) is 11.3 Å². The highest BCUT2D eigenvalue weighted by Crippen LogP contribution is 2.26. The molecule has 0 saturated carbocycles. The van der Waals surface area contributed by atoms with Crippen LogP contribution in [0.1, 0.15) is 16.1 Å². The maximum Gasteiger partial charge on any atom is 0.275 e. The fraction of sp³-hybridized carbons (Fsp3) is 0. The molecule has 0 aliphatic rings. The molecule has 2 aromatic heterocycles. The summed E-state index contributed by atoms with van der Waals surface area (Å²) in [7, 11) is 0. The van der Waals surface area contributed by atoms with Crippen molar-refractivity contribution in [2.45, 2.75) is 0 Å². The van der Waals surface area contributed by atoms with E-state index in [9.17, 15) is 4.79 Å². The van der Waals surface area contributed by atoms with Gasteiger partial charge in [0.05, 0.1) is 0 Å². The van der Waals surface area contributed by atoms with Gasteiger partial charge >= 0.3 is 0 Å². The number of hydrogen-bond acceptors (Lipinski definition) is 4. The molecule has 1 N–H and O–H groups in total. The topological polar surface area (TPSA) is 42.0 Å². The molecule has 3 aromatic rings. The van der Waals surface area contributed by atoms with Gasteiger partial charge in [0, 0.05) is 27.6 Å². The molecule has 3 nitrogen and oxygen atoms in total. The number of carbonyl (C=O) groups is 1. The van der Waals surface area contributed by atoms with Crippen LogP contribution in [0.3, 0.4) is 0 Å². The molecular weight excluding hydrogens is 300 g/mol. The lowest BCUT2D eigenvalue weighted by atomic mass is 10.2. The van der Waals surface area contributed by atoms with Crippen LogP contribution in [0.2, 0.25) is 0 Å². The summed E-state index contributed by atoms with van der Waals surface area (Å²) in [6.45, 7) is 0. The molecule has 3 rings (SSSR count). The minimum absolute atomic E-state index is 0.234. The van der Waals surface area contributed by atoms with Gasteiger partial charge in [0.25, 0.3) is 5.91 Å². The summed E-state index contributed by atoms with van der Waals surface area (Å²) in [5.41, 5.74) is 2.84. The Kier molecular flexibility index (Phi) is 3.82. The van der Waals surface area contributed by atoms with Crippen molar-refractivity contribution in [3.05, 3.63) is 57.7 Å². The summed E-state index contributed by atoms with van der Waals surface area (Å²) in [4.78, 5) is 16.5. The number of thiazole rings is 1. The molecule has 0 spiro atoms. The Hall–Kier alpha value is -2.42. The molecule has 21 heavy (non-hydrogen) atoms. The number of nitrogens with zero attached hydrogens (tertiary/aromatic N) is 1. The maximum atomic E-state index is 12.2. The Morgan fingerprint density at radius 2 is 2.19 bits per heavy atom. The van der Waals surface area contributed by atoms with E-state index in [2.05, 4.69) is 16.2 Å². The molecule has 1 aromatic carbocycles. The third-order valence-electron chi connectivity index (χ3n) is 2.79. The van der Waals surface area contributed by atoms with Crippen LogP contribution < -0.4 is 5.32 Å². The average Bonchev–Trinajstić information content (AvgIpc) is 3.18. The first-order valence-electron chi connectivity index (χ1n) is 6.12. The fourth-order valence-electron chi connectivity index (χ4n) is 1.78. The van der Waals surface area contributed by atoms with Crippen molar-refractivity contribution in [2.24, 2.45) is 0 Å². The van der Waals surface area contributed by atoms with Crippen LogP contribution in [0.15, 0.2) is 46.5 Å². The monoisotopic (exact) mass is 310 g/mol. The van der Waals surface area contributed by atoms with E-state index in [1.54, 1.807) is 28.8 Å². The van der Waals surface area contributed by atoms with Gasteiger partial charge in [-0.15, -0.1) is 17.8 Å². The lowest BCUT2D eigenvalue weighted by Crippen LogP contribution is -2.12. The Bertz CT molecular complexity index is 813. The Labute approximate surface area is 130 Å². The molecule has 0 aliphatic carbocycles. The SMILES string of the molecule is C#Cc1cccc(NC(=O)c2csc(-c3ccsc3)n2)c1. The smallest absolute Gasteiger partial charge is 0.275 e. The highest BCUT2D eigenvalue weighted by Gasteiger charge is 2.12. The van der Waals surface area contributed by atoms with Gasteiger partial charge in [-0.3, -0.25) is 4.79 Å². The molecule has 0 bridgehead atoms. The average molecular weight is 310 g/mol. The number of amides is 1. The van der Waals surface area contributed by atoms with Crippen molar-refractivity contribution >= 4 is 34.3 Å². The van der Waals surface area contributed by atoms with Crippen molar-refractivity contribution < 1.29 is 4.79 Å². The molecule has 0 fully saturated rings. The maximum absolute atomic E-state index is 12.2. The standard InChI is InChI=1S/C16H10N2OS2/c1-2-11-4-3-5-13(8-11)17-15(19)14-10-21-16(18-14)12-6-7-20-9-12/h1,3-10H,(H,17,19). The van der Waals surface area contributed by atoms with Crippen LogP contribution in [-0.2, 0) is 0 Å². The van der Waals surface area contributed by atoms with Gasteiger partial charge in [-0.05, 0) is 29.6 Å². The molecule has 102 valence electrons. The summed E-state index contributed by atoms with van der Waals surface area (Å²) in [5, 5.41) is 9.41. The minimum Gasteiger partial charge on any atom is -0.321 e. The van der Waals surface area contributed by atoms with Gasteiger partial charge in [0.2, 0.25) is 0 Å². The molecule has 0 saturated heterocycles. The predicted octanol–water partition coefficient (Wildman–Crippen LogP) is 4.11. The number of nitrogens with one attached hydrogen (secondary N) is 1. The zero-order valence-corrected chi connectivity index (χ0v) is 12.5. The molecule has 0 radical (unpaired) electrons. The number of thiophene rings is 1. The molecule has 2 heterocycles. The van der Waals surface area contributed by atoms with Crippen LogP contribution in [0.5, 0.6) is 0 Å². The van der Waals surface area contributed by atoms with Crippen LogP contribution in [-0.4, -0.2) is 10.9 Å². The van der Waals surface area contributed by atoms with Crippen molar-refractivity contribution in [3.63, 3.8) is 0 Å². The first-order chi connectivity index (χ1) is 10.3. The van der Waals surface area contributed by atoms with Crippen LogP contribution >= 0.6 is 22.7 Å². The second-order valence-electron chi connectivity index (χ2n) is 4.23. The van der Waals surface area contributed by atoms with Crippen LogP contribution in [0, 0.1) is 12.3 Å². The number of carbonyl (C=O) groups excluding carboxylic acids is 1. The second kappa shape index (κ2) is 5.92. The first-order valence-corrected chi connectivity index (χ1v) is 7.94. The first kappa shape index (κ1) is 13.6. The van der Waals surface area contributed by atoms with Gasteiger partial charge in [0.1, 0.15) is 10.7 Å². The molecule has 1 amide bonds.